The van der Waals surface area contributed by atoms with Crippen molar-refractivity contribution < 1.29 is 39.9 Å². The minimum atomic E-state index is -4.59. The SMILES string of the molecule is CS(=O)(=O)NC(=O)c1cc(F)c(OC[C@H]2CCCN2c2ccc(C(F)(F)F)c(Cl)c2)cc1F. The van der Waals surface area contributed by atoms with Gasteiger partial charge in [0.2, 0.25) is 10.0 Å². The number of anilines is 1. The summed E-state index contributed by atoms with van der Waals surface area (Å²) in [7, 11) is -3.98. The molecule has 33 heavy (non-hydrogen) atoms. The maximum atomic E-state index is 14.4. The third-order valence-corrected chi connectivity index (χ3v) is 5.81. The average Bonchev–Trinajstić information content (AvgIpc) is 3.14. The molecule has 2 aromatic rings. The van der Waals surface area contributed by atoms with Crippen molar-refractivity contribution in [3.63, 3.8) is 0 Å². The van der Waals surface area contributed by atoms with Crippen LogP contribution in [0.1, 0.15) is 28.8 Å². The van der Waals surface area contributed by atoms with Gasteiger partial charge in [-0.1, -0.05) is 11.6 Å². The largest absolute Gasteiger partial charge is 0.488 e. The molecule has 1 aliphatic heterocycles. The van der Waals surface area contributed by atoms with Gasteiger partial charge in [0.15, 0.2) is 11.6 Å². The van der Waals surface area contributed by atoms with Crippen LogP contribution in [0.3, 0.4) is 0 Å². The van der Waals surface area contributed by atoms with E-state index in [1.54, 1.807) is 4.90 Å². The molecule has 1 amide bonds. The first-order chi connectivity index (χ1) is 15.3. The lowest BCUT2D eigenvalue weighted by atomic mass is 10.1. The van der Waals surface area contributed by atoms with Gasteiger partial charge in [-0.2, -0.15) is 13.2 Å². The minimum Gasteiger partial charge on any atom is -0.488 e. The van der Waals surface area contributed by atoms with E-state index >= 15 is 0 Å². The smallest absolute Gasteiger partial charge is 0.417 e. The fourth-order valence-corrected chi connectivity index (χ4v) is 4.21. The lowest BCUT2D eigenvalue weighted by Crippen LogP contribution is -2.34. The summed E-state index contributed by atoms with van der Waals surface area (Å²) in [5, 5.41) is -0.456. The molecule has 13 heteroatoms. The Bertz CT molecular complexity index is 1170. The number of carbonyl (C=O) groups is 1. The second-order valence-electron chi connectivity index (χ2n) is 7.43. The van der Waals surface area contributed by atoms with Gasteiger partial charge in [0.05, 0.1) is 28.4 Å². The maximum absolute atomic E-state index is 14.4. The van der Waals surface area contributed by atoms with Crippen molar-refractivity contribution in [1.29, 1.82) is 0 Å². The van der Waals surface area contributed by atoms with Crippen LogP contribution in [0.15, 0.2) is 30.3 Å². The Hall–Kier alpha value is -2.60. The number of amides is 1. The molecule has 1 heterocycles. The Morgan fingerprint density at radius 2 is 1.91 bits per heavy atom. The summed E-state index contributed by atoms with van der Waals surface area (Å²) in [4.78, 5) is 13.6. The molecule has 0 spiro atoms. The van der Waals surface area contributed by atoms with Crippen molar-refractivity contribution in [2.75, 3.05) is 24.3 Å². The summed E-state index contributed by atoms with van der Waals surface area (Å²) in [5.74, 6) is -4.11. The number of carbonyl (C=O) groups excluding carboxylic acids is 1. The van der Waals surface area contributed by atoms with Crippen LogP contribution in [0, 0.1) is 11.6 Å². The first kappa shape index (κ1) is 25.0. The van der Waals surface area contributed by atoms with Gasteiger partial charge in [-0.3, -0.25) is 4.79 Å². The fourth-order valence-electron chi connectivity index (χ4n) is 3.48. The third-order valence-electron chi connectivity index (χ3n) is 4.94. The van der Waals surface area contributed by atoms with Crippen LogP contribution in [0.4, 0.5) is 27.6 Å². The van der Waals surface area contributed by atoms with E-state index in [1.165, 1.54) is 16.9 Å². The number of hydrogen-bond donors (Lipinski definition) is 1. The summed E-state index contributed by atoms with van der Waals surface area (Å²) in [5.41, 5.74) is -1.34. The number of benzene rings is 2. The van der Waals surface area contributed by atoms with E-state index < -0.39 is 55.6 Å². The van der Waals surface area contributed by atoms with Crippen molar-refractivity contribution in [3.05, 3.63) is 58.1 Å². The standard InChI is InChI=1S/C20H18ClF5N2O4S/c1-33(30,31)27-19(29)13-8-17(23)18(9-16(13)22)32-10-12-3-2-6-28(12)11-4-5-14(15(21)7-11)20(24,25)26/h4-5,7-9,12H,2-3,6,10H2,1H3,(H,27,29)/t12-/m1/s1. The van der Waals surface area contributed by atoms with Crippen LogP contribution in [-0.4, -0.2) is 39.8 Å². The van der Waals surface area contributed by atoms with Crippen molar-refractivity contribution in [2.45, 2.75) is 25.1 Å². The molecule has 0 aromatic heterocycles. The number of halogens is 6. The van der Waals surface area contributed by atoms with E-state index in [0.717, 1.165) is 6.07 Å². The number of sulfonamides is 1. The maximum Gasteiger partial charge on any atom is 0.417 e. The van der Waals surface area contributed by atoms with Crippen LogP contribution in [-0.2, 0) is 16.2 Å². The number of nitrogens with one attached hydrogen (secondary N) is 1. The van der Waals surface area contributed by atoms with Gasteiger partial charge >= 0.3 is 6.18 Å². The topological polar surface area (TPSA) is 75.7 Å². The van der Waals surface area contributed by atoms with Gasteiger partial charge in [0, 0.05) is 18.3 Å². The molecule has 1 atom stereocenters. The van der Waals surface area contributed by atoms with E-state index in [1.807, 2.05) is 0 Å². The molecule has 6 nitrogen and oxygen atoms in total. The molecule has 1 fully saturated rings. The first-order valence-corrected chi connectivity index (χ1v) is 11.8. The van der Waals surface area contributed by atoms with Crippen molar-refractivity contribution >= 4 is 33.2 Å². The van der Waals surface area contributed by atoms with E-state index in [2.05, 4.69) is 0 Å². The highest BCUT2D eigenvalue weighted by Gasteiger charge is 2.34. The van der Waals surface area contributed by atoms with Crippen LogP contribution in [0.2, 0.25) is 5.02 Å². The summed E-state index contributed by atoms with van der Waals surface area (Å²) in [6.07, 6.45) is -2.63. The van der Waals surface area contributed by atoms with Crippen molar-refractivity contribution in [1.82, 2.24) is 4.72 Å². The minimum absolute atomic E-state index is 0.121. The van der Waals surface area contributed by atoms with Gasteiger partial charge in [0.1, 0.15) is 12.4 Å². The number of ether oxygens (including phenoxy) is 1. The molecule has 1 saturated heterocycles. The van der Waals surface area contributed by atoms with Crippen LogP contribution in [0.5, 0.6) is 5.75 Å². The third kappa shape index (κ3) is 6.05. The van der Waals surface area contributed by atoms with Crippen LogP contribution >= 0.6 is 11.6 Å². The average molecular weight is 513 g/mol. The summed E-state index contributed by atoms with van der Waals surface area (Å²) in [6, 6.07) is 4.14. The van der Waals surface area contributed by atoms with Crippen molar-refractivity contribution in [3.8, 4) is 5.75 Å². The van der Waals surface area contributed by atoms with E-state index in [0.29, 0.717) is 43.5 Å². The predicted molar refractivity (Wildman–Crippen MR) is 111 cm³/mol. The number of hydrogen-bond acceptors (Lipinski definition) is 5. The molecule has 2 aromatic carbocycles. The van der Waals surface area contributed by atoms with Crippen LogP contribution < -0.4 is 14.4 Å². The molecule has 0 aliphatic carbocycles. The molecule has 1 N–H and O–H groups in total. The lowest BCUT2D eigenvalue weighted by molar-refractivity contribution is -0.137. The van der Waals surface area contributed by atoms with Crippen molar-refractivity contribution in [2.24, 2.45) is 0 Å². The number of rotatable bonds is 6. The van der Waals surface area contributed by atoms with Crippen LogP contribution in [0.25, 0.3) is 0 Å². The first-order valence-electron chi connectivity index (χ1n) is 9.53. The highest BCUT2D eigenvalue weighted by molar-refractivity contribution is 7.89. The Morgan fingerprint density at radius 3 is 2.52 bits per heavy atom. The quantitative estimate of drug-likeness (QED) is 0.582. The highest BCUT2D eigenvalue weighted by Crippen LogP contribution is 2.38. The zero-order valence-corrected chi connectivity index (χ0v) is 18.6. The molecule has 1 aliphatic rings. The second kappa shape index (κ2) is 9.34. The molecule has 0 radical (unpaired) electrons. The van der Waals surface area contributed by atoms with E-state index in [4.69, 9.17) is 16.3 Å². The lowest BCUT2D eigenvalue weighted by Gasteiger charge is -2.27. The molecule has 0 unspecified atom stereocenters. The molecular weight excluding hydrogens is 495 g/mol. The molecule has 180 valence electrons. The highest BCUT2D eigenvalue weighted by atomic mass is 35.5. The van der Waals surface area contributed by atoms with E-state index in [9.17, 15) is 35.2 Å². The molecule has 3 rings (SSSR count). The van der Waals surface area contributed by atoms with Gasteiger partial charge in [-0.15, -0.1) is 0 Å². The second-order valence-corrected chi connectivity index (χ2v) is 9.58. The summed E-state index contributed by atoms with van der Waals surface area (Å²) >= 11 is 5.79. The zero-order valence-electron chi connectivity index (χ0n) is 17.0. The Kier molecular flexibility index (Phi) is 7.08. The Balaban J connectivity index is 1.73. The Labute approximate surface area is 191 Å². The van der Waals surface area contributed by atoms with Gasteiger partial charge in [0.25, 0.3) is 5.91 Å². The van der Waals surface area contributed by atoms with E-state index in [-0.39, 0.29) is 12.6 Å². The molecular formula is C20H18ClF5N2O4S. The van der Waals surface area contributed by atoms with Gasteiger partial charge in [-0.05, 0) is 37.1 Å². The monoisotopic (exact) mass is 512 g/mol. The normalized spacial score (nSPS) is 16.7. The summed E-state index contributed by atoms with van der Waals surface area (Å²) in [6.45, 7) is 0.376. The van der Waals surface area contributed by atoms with Gasteiger partial charge < -0.3 is 9.64 Å². The summed E-state index contributed by atoms with van der Waals surface area (Å²) < 4.78 is 96.6. The Morgan fingerprint density at radius 1 is 1.21 bits per heavy atom. The number of alkyl halides is 3. The van der Waals surface area contributed by atoms with Gasteiger partial charge in [-0.25, -0.2) is 21.9 Å². The number of nitrogens with zero attached hydrogens (tertiary/aromatic N) is 1. The molecule has 0 saturated carbocycles. The predicted octanol–water partition coefficient (Wildman–Crippen LogP) is 4.37. The molecule has 0 bridgehead atoms. The zero-order chi connectivity index (χ0) is 24.6. The fraction of sp³-hybridized carbons (Fsp3) is 0.350.